The van der Waals surface area contributed by atoms with Gasteiger partial charge in [0.2, 0.25) is 0 Å². The summed E-state index contributed by atoms with van der Waals surface area (Å²) in [6.45, 7) is 2.63. The second kappa shape index (κ2) is 7.84. The molecule has 96 valence electrons. The van der Waals surface area contributed by atoms with Crippen molar-refractivity contribution in [2.75, 3.05) is 33.4 Å². The smallest absolute Gasteiger partial charge is 0.135 e. The molecule has 0 aromatic carbocycles. The van der Waals surface area contributed by atoms with Gasteiger partial charge in [-0.2, -0.15) is 0 Å². The zero-order valence-electron chi connectivity index (χ0n) is 9.70. The van der Waals surface area contributed by atoms with Crippen LogP contribution < -0.4 is 0 Å². The number of methoxy groups -OCH3 is 1. The van der Waals surface area contributed by atoms with E-state index in [1.165, 1.54) is 0 Å². The van der Waals surface area contributed by atoms with Gasteiger partial charge in [-0.05, 0) is 6.07 Å². The van der Waals surface area contributed by atoms with E-state index in [-0.39, 0.29) is 6.61 Å². The lowest BCUT2D eigenvalue weighted by molar-refractivity contribution is 0.127. The molecule has 0 aliphatic carbocycles. The Kier molecular flexibility index (Phi) is 6.77. The van der Waals surface area contributed by atoms with E-state index in [2.05, 4.69) is 4.98 Å². The largest absolute Gasteiger partial charge is 0.395 e. The summed E-state index contributed by atoms with van der Waals surface area (Å²) >= 11 is 11.7. The number of aliphatic hydroxyl groups is 1. The van der Waals surface area contributed by atoms with Gasteiger partial charge in [0.25, 0.3) is 0 Å². The predicted molar refractivity (Wildman–Crippen MR) is 68.5 cm³/mol. The number of hydrogen-bond acceptors (Lipinski definition) is 4. The van der Waals surface area contributed by atoms with Crippen molar-refractivity contribution in [1.82, 2.24) is 9.88 Å². The lowest BCUT2D eigenvalue weighted by Gasteiger charge is -2.21. The molecule has 1 aromatic rings. The molecule has 0 fully saturated rings. The number of halogens is 2. The molecule has 6 heteroatoms. The van der Waals surface area contributed by atoms with Crippen molar-refractivity contribution < 1.29 is 9.84 Å². The highest BCUT2D eigenvalue weighted by molar-refractivity contribution is 6.32. The van der Waals surface area contributed by atoms with Crippen molar-refractivity contribution in [2.45, 2.75) is 6.54 Å². The van der Waals surface area contributed by atoms with Crippen LogP contribution in [0.15, 0.2) is 12.1 Å². The monoisotopic (exact) mass is 278 g/mol. The van der Waals surface area contributed by atoms with E-state index in [0.29, 0.717) is 30.0 Å². The van der Waals surface area contributed by atoms with Crippen molar-refractivity contribution in [3.8, 4) is 0 Å². The van der Waals surface area contributed by atoms with E-state index < -0.39 is 0 Å². The summed E-state index contributed by atoms with van der Waals surface area (Å²) in [7, 11) is 1.65. The molecule has 1 aromatic heterocycles. The van der Waals surface area contributed by atoms with Gasteiger partial charge in [0.15, 0.2) is 0 Å². The molecule has 0 aliphatic rings. The van der Waals surface area contributed by atoms with Gasteiger partial charge in [-0.1, -0.05) is 29.3 Å². The van der Waals surface area contributed by atoms with E-state index in [9.17, 15) is 0 Å². The summed E-state index contributed by atoms with van der Waals surface area (Å²) in [5, 5.41) is 9.76. The molecule has 1 rings (SSSR count). The Bertz CT molecular complexity index is 350. The van der Waals surface area contributed by atoms with Crippen molar-refractivity contribution in [1.29, 1.82) is 0 Å². The van der Waals surface area contributed by atoms with Crippen LogP contribution in [0.2, 0.25) is 10.3 Å². The summed E-state index contributed by atoms with van der Waals surface area (Å²) < 4.78 is 5.01. The van der Waals surface area contributed by atoms with Crippen LogP contribution in [0, 0.1) is 0 Å². The second-order valence-corrected chi connectivity index (χ2v) is 4.32. The fourth-order valence-electron chi connectivity index (χ4n) is 1.43. The molecule has 17 heavy (non-hydrogen) atoms. The van der Waals surface area contributed by atoms with Crippen molar-refractivity contribution in [2.24, 2.45) is 0 Å². The van der Waals surface area contributed by atoms with Crippen LogP contribution in [0.4, 0.5) is 0 Å². The van der Waals surface area contributed by atoms with Gasteiger partial charge in [-0.15, -0.1) is 0 Å². The highest BCUT2D eigenvalue weighted by Gasteiger charge is 2.09. The highest BCUT2D eigenvalue weighted by atomic mass is 35.5. The number of rotatable bonds is 7. The summed E-state index contributed by atoms with van der Waals surface area (Å²) in [5.74, 6) is 0. The van der Waals surface area contributed by atoms with E-state index >= 15 is 0 Å². The summed E-state index contributed by atoms with van der Waals surface area (Å²) in [6, 6.07) is 3.55. The molecular formula is C11H16Cl2N2O2. The normalized spacial score (nSPS) is 11.1. The van der Waals surface area contributed by atoms with Gasteiger partial charge in [0, 0.05) is 32.3 Å². The molecule has 0 saturated carbocycles. The maximum Gasteiger partial charge on any atom is 0.135 e. The topological polar surface area (TPSA) is 45.6 Å². The maximum atomic E-state index is 8.98. The Morgan fingerprint density at radius 1 is 1.35 bits per heavy atom. The first kappa shape index (κ1) is 14.7. The van der Waals surface area contributed by atoms with Crippen LogP contribution in [-0.2, 0) is 11.3 Å². The molecule has 0 aliphatic heterocycles. The van der Waals surface area contributed by atoms with Crippen LogP contribution >= 0.6 is 23.2 Å². The number of nitrogens with zero attached hydrogens (tertiary/aromatic N) is 2. The van der Waals surface area contributed by atoms with Crippen LogP contribution in [0.5, 0.6) is 0 Å². The summed E-state index contributed by atoms with van der Waals surface area (Å²) in [6.07, 6.45) is 0. The zero-order valence-corrected chi connectivity index (χ0v) is 11.2. The van der Waals surface area contributed by atoms with Gasteiger partial charge in [0.05, 0.1) is 13.2 Å². The number of hydrogen-bond donors (Lipinski definition) is 1. The summed E-state index contributed by atoms with van der Waals surface area (Å²) in [5.41, 5.74) is 0.889. The molecule has 0 saturated heterocycles. The molecule has 0 radical (unpaired) electrons. The van der Waals surface area contributed by atoms with Gasteiger partial charge in [-0.3, -0.25) is 4.90 Å². The number of ether oxygens (including phenoxy) is 1. The molecule has 1 heterocycles. The van der Waals surface area contributed by atoms with Crippen LogP contribution in [0.3, 0.4) is 0 Å². The van der Waals surface area contributed by atoms with E-state index in [4.69, 9.17) is 33.0 Å². The molecule has 0 bridgehead atoms. The van der Waals surface area contributed by atoms with Gasteiger partial charge in [0.1, 0.15) is 10.3 Å². The maximum absolute atomic E-state index is 8.98. The number of pyridine rings is 1. The quantitative estimate of drug-likeness (QED) is 0.773. The Labute approximate surface area is 111 Å². The Hall–Kier alpha value is -0.390. The standard InChI is InChI=1S/C11H16Cl2N2O2/c1-17-7-5-15(4-6-16)8-9-2-3-10(12)14-11(9)13/h2-3,16H,4-8H2,1H3. The van der Waals surface area contributed by atoms with Crippen LogP contribution in [-0.4, -0.2) is 48.4 Å². The second-order valence-electron chi connectivity index (χ2n) is 3.58. The van der Waals surface area contributed by atoms with Crippen LogP contribution in [0.1, 0.15) is 5.56 Å². The Morgan fingerprint density at radius 3 is 2.71 bits per heavy atom. The van der Waals surface area contributed by atoms with E-state index in [0.717, 1.165) is 12.1 Å². The van der Waals surface area contributed by atoms with Crippen LogP contribution in [0.25, 0.3) is 0 Å². The van der Waals surface area contributed by atoms with Crippen molar-refractivity contribution >= 4 is 23.2 Å². The molecule has 0 spiro atoms. The van der Waals surface area contributed by atoms with Gasteiger partial charge >= 0.3 is 0 Å². The fourth-order valence-corrected chi connectivity index (χ4v) is 1.84. The first-order chi connectivity index (χ1) is 8.17. The molecule has 0 atom stereocenters. The van der Waals surface area contributed by atoms with E-state index in [1.54, 1.807) is 13.2 Å². The minimum Gasteiger partial charge on any atom is -0.395 e. The number of aromatic nitrogens is 1. The van der Waals surface area contributed by atoms with E-state index in [1.807, 2.05) is 11.0 Å². The molecule has 4 nitrogen and oxygen atoms in total. The first-order valence-corrected chi connectivity index (χ1v) is 6.06. The average Bonchev–Trinajstić information content (AvgIpc) is 2.29. The Balaban J connectivity index is 2.64. The van der Waals surface area contributed by atoms with Gasteiger partial charge < -0.3 is 9.84 Å². The fraction of sp³-hybridized carbons (Fsp3) is 0.545. The van der Waals surface area contributed by atoms with Crippen molar-refractivity contribution in [3.05, 3.63) is 28.0 Å². The molecular weight excluding hydrogens is 263 g/mol. The third-order valence-electron chi connectivity index (χ3n) is 2.31. The molecule has 0 amide bonds. The van der Waals surface area contributed by atoms with Gasteiger partial charge in [-0.25, -0.2) is 4.98 Å². The highest BCUT2D eigenvalue weighted by Crippen LogP contribution is 2.18. The lowest BCUT2D eigenvalue weighted by Crippen LogP contribution is -2.30. The third kappa shape index (κ3) is 5.19. The Morgan fingerprint density at radius 2 is 2.12 bits per heavy atom. The first-order valence-electron chi connectivity index (χ1n) is 5.30. The number of aliphatic hydroxyl groups excluding tert-OH is 1. The SMILES string of the molecule is COCCN(CCO)Cc1ccc(Cl)nc1Cl. The lowest BCUT2D eigenvalue weighted by atomic mass is 10.2. The third-order valence-corrected chi connectivity index (χ3v) is 2.85. The average molecular weight is 279 g/mol. The zero-order chi connectivity index (χ0) is 12.7. The minimum atomic E-state index is 0.0996. The molecule has 1 N–H and O–H groups in total. The molecule has 0 unspecified atom stereocenters. The predicted octanol–water partition coefficient (Wildman–Crippen LogP) is 1.83. The minimum absolute atomic E-state index is 0.0996. The van der Waals surface area contributed by atoms with Crippen molar-refractivity contribution in [3.63, 3.8) is 0 Å². The summed E-state index contributed by atoms with van der Waals surface area (Å²) in [4.78, 5) is 6.02.